The molecule has 0 amide bonds. The Balaban J connectivity index is 2.43. The van der Waals surface area contributed by atoms with Gasteiger partial charge in [-0.2, -0.15) is 0 Å². The average molecular weight is 293 g/mol. The molecule has 2 rings (SSSR count). The van der Waals surface area contributed by atoms with E-state index in [9.17, 15) is 4.79 Å². The molecule has 2 aromatic rings. The van der Waals surface area contributed by atoms with E-state index in [4.69, 9.17) is 0 Å². The maximum absolute atomic E-state index is 12.7. The van der Waals surface area contributed by atoms with E-state index < -0.39 is 0 Å². The Kier molecular flexibility index (Phi) is 4.60. The molecule has 5 heteroatoms. The van der Waals surface area contributed by atoms with E-state index in [0.717, 1.165) is 41.2 Å². The summed E-state index contributed by atoms with van der Waals surface area (Å²) >= 11 is 1.61. The van der Waals surface area contributed by atoms with Gasteiger partial charge in [0.25, 0.3) is 5.56 Å². The Morgan fingerprint density at radius 2 is 1.85 bits per heavy atom. The van der Waals surface area contributed by atoms with Gasteiger partial charge in [-0.05, 0) is 39.4 Å². The fourth-order valence-corrected chi connectivity index (χ4v) is 3.54. The van der Waals surface area contributed by atoms with Crippen molar-refractivity contribution in [2.75, 3.05) is 19.6 Å². The molecule has 0 aliphatic carbocycles. The molecule has 0 aliphatic rings. The van der Waals surface area contributed by atoms with Crippen LogP contribution in [0.1, 0.15) is 30.1 Å². The van der Waals surface area contributed by atoms with Crippen LogP contribution >= 0.6 is 11.3 Å². The van der Waals surface area contributed by atoms with Gasteiger partial charge in [-0.25, -0.2) is 4.98 Å². The largest absolute Gasteiger partial charge is 0.302 e. The minimum Gasteiger partial charge on any atom is -0.302 e. The minimum atomic E-state index is 0.113. The zero-order valence-corrected chi connectivity index (χ0v) is 13.8. The van der Waals surface area contributed by atoms with E-state index >= 15 is 0 Å². The van der Waals surface area contributed by atoms with Crippen LogP contribution < -0.4 is 5.56 Å². The molecule has 0 saturated heterocycles. The predicted octanol–water partition coefficient (Wildman–Crippen LogP) is 2.73. The number of nitrogens with zero attached hydrogens (tertiary/aromatic N) is 3. The van der Waals surface area contributed by atoms with Crippen LogP contribution in [-0.2, 0) is 6.54 Å². The summed E-state index contributed by atoms with van der Waals surface area (Å²) in [5, 5.41) is 0.803. The van der Waals surface area contributed by atoms with Gasteiger partial charge >= 0.3 is 0 Å². The van der Waals surface area contributed by atoms with Gasteiger partial charge in [0.1, 0.15) is 10.7 Å². The molecule has 0 aliphatic heterocycles. The summed E-state index contributed by atoms with van der Waals surface area (Å²) < 4.78 is 1.82. The topological polar surface area (TPSA) is 38.1 Å². The molecule has 0 unspecified atom stereocenters. The van der Waals surface area contributed by atoms with Gasteiger partial charge in [0, 0.05) is 18.0 Å². The lowest BCUT2D eigenvalue weighted by Crippen LogP contribution is -2.32. The number of aromatic nitrogens is 2. The van der Waals surface area contributed by atoms with Crippen molar-refractivity contribution in [3.8, 4) is 0 Å². The highest BCUT2D eigenvalue weighted by Gasteiger charge is 2.14. The second-order valence-corrected chi connectivity index (χ2v) is 6.31. The molecule has 0 N–H and O–H groups in total. The summed E-state index contributed by atoms with van der Waals surface area (Å²) in [7, 11) is 0. The zero-order chi connectivity index (χ0) is 14.9. The number of fused-ring (bicyclic) bond motifs is 1. The van der Waals surface area contributed by atoms with Crippen molar-refractivity contribution in [3.05, 3.63) is 26.6 Å². The second-order valence-electron chi connectivity index (χ2n) is 5.11. The minimum absolute atomic E-state index is 0.113. The van der Waals surface area contributed by atoms with Crippen molar-refractivity contribution in [2.24, 2.45) is 0 Å². The molecular formula is C15H23N3OS. The fourth-order valence-electron chi connectivity index (χ4n) is 2.47. The lowest BCUT2D eigenvalue weighted by Gasteiger charge is -2.19. The number of likely N-dealkylation sites (N-methyl/N-ethyl adjacent to an activating group) is 1. The van der Waals surface area contributed by atoms with Gasteiger partial charge in [0.2, 0.25) is 0 Å². The first-order valence-electron chi connectivity index (χ1n) is 7.19. The van der Waals surface area contributed by atoms with Gasteiger partial charge in [-0.15, -0.1) is 11.3 Å². The van der Waals surface area contributed by atoms with Gasteiger partial charge in [-0.3, -0.25) is 9.36 Å². The van der Waals surface area contributed by atoms with Crippen molar-refractivity contribution < 1.29 is 0 Å². The lowest BCUT2D eigenvalue weighted by molar-refractivity contribution is 0.288. The number of hydrogen-bond acceptors (Lipinski definition) is 4. The molecule has 0 radical (unpaired) electrons. The summed E-state index contributed by atoms with van der Waals surface area (Å²) in [4.78, 5) is 21.7. The predicted molar refractivity (Wildman–Crippen MR) is 85.9 cm³/mol. The molecular weight excluding hydrogens is 270 g/mol. The molecule has 0 fully saturated rings. The van der Waals surface area contributed by atoms with E-state index in [-0.39, 0.29) is 5.56 Å². The van der Waals surface area contributed by atoms with Gasteiger partial charge in [-0.1, -0.05) is 13.8 Å². The third kappa shape index (κ3) is 2.65. The Hall–Kier alpha value is -1.20. The highest BCUT2D eigenvalue weighted by molar-refractivity contribution is 7.18. The second kappa shape index (κ2) is 6.06. The lowest BCUT2D eigenvalue weighted by atomic mass is 10.2. The summed E-state index contributed by atoms with van der Waals surface area (Å²) in [6.45, 7) is 13.9. The maximum Gasteiger partial charge on any atom is 0.262 e. The molecule has 4 nitrogen and oxygen atoms in total. The molecule has 0 saturated carbocycles. The zero-order valence-electron chi connectivity index (χ0n) is 13.0. The first-order valence-corrected chi connectivity index (χ1v) is 8.00. The highest BCUT2D eigenvalue weighted by Crippen LogP contribution is 2.26. The fraction of sp³-hybridized carbons (Fsp3) is 0.600. The summed E-state index contributed by atoms with van der Waals surface area (Å²) in [5.74, 6) is 0.816. The van der Waals surface area contributed by atoms with Crippen LogP contribution in [0.4, 0.5) is 0 Å². The normalized spacial score (nSPS) is 11.7. The maximum atomic E-state index is 12.7. The standard InChI is InChI=1S/C15H23N3OS/c1-6-17(7-2)8-9-18-12(5)16-14-13(15(18)19)10(3)11(4)20-14/h6-9H2,1-5H3. The number of thiophene rings is 1. The van der Waals surface area contributed by atoms with Crippen LogP contribution in [0.2, 0.25) is 0 Å². The third-order valence-corrected chi connectivity index (χ3v) is 5.12. The van der Waals surface area contributed by atoms with E-state index in [1.165, 1.54) is 4.88 Å². The smallest absolute Gasteiger partial charge is 0.262 e. The van der Waals surface area contributed by atoms with E-state index in [0.29, 0.717) is 6.54 Å². The Morgan fingerprint density at radius 3 is 2.45 bits per heavy atom. The van der Waals surface area contributed by atoms with Crippen molar-refractivity contribution in [3.63, 3.8) is 0 Å². The monoisotopic (exact) mass is 293 g/mol. The van der Waals surface area contributed by atoms with Gasteiger partial charge in [0.15, 0.2) is 0 Å². The van der Waals surface area contributed by atoms with Crippen LogP contribution in [0, 0.1) is 20.8 Å². The molecule has 0 atom stereocenters. The molecule has 0 spiro atoms. The quantitative estimate of drug-likeness (QED) is 0.851. The molecule has 0 aromatic carbocycles. The Labute approximate surface area is 124 Å². The van der Waals surface area contributed by atoms with Crippen molar-refractivity contribution in [1.29, 1.82) is 0 Å². The highest BCUT2D eigenvalue weighted by atomic mass is 32.1. The van der Waals surface area contributed by atoms with E-state index in [1.54, 1.807) is 11.3 Å². The SMILES string of the molecule is CCN(CC)CCn1c(C)nc2sc(C)c(C)c2c1=O. The summed E-state index contributed by atoms with van der Waals surface area (Å²) in [5.41, 5.74) is 1.19. The first kappa shape index (κ1) is 15.2. The Morgan fingerprint density at radius 1 is 1.20 bits per heavy atom. The van der Waals surface area contributed by atoms with Gasteiger partial charge in [0.05, 0.1) is 5.39 Å². The van der Waals surface area contributed by atoms with Gasteiger partial charge < -0.3 is 4.90 Å². The van der Waals surface area contributed by atoms with Crippen LogP contribution in [0.25, 0.3) is 10.2 Å². The molecule has 2 heterocycles. The van der Waals surface area contributed by atoms with Crippen molar-refractivity contribution >= 4 is 21.6 Å². The molecule has 20 heavy (non-hydrogen) atoms. The summed E-state index contributed by atoms with van der Waals surface area (Å²) in [6, 6.07) is 0. The molecule has 110 valence electrons. The van der Waals surface area contributed by atoms with Crippen molar-refractivity contribution in [1.82, 2.24) is 14.5 Å². The number of aryl methyl sites for hydroxylation is 3. The summed E-state index contributed by atoms with van der Waals surface area (Å²) in [6.07, 6.45) is 0. The Bertz CT molecular complexity index is 668. The van der Waals surface area contributed by atoms with Crippen LogP contribution in [0.5, 0.6) is 0 Å². The van der Waals surface area contributed by atoms with E-state index in [2.05, 4.69) is 30.7 Å². The molecule has 2 aromatic heterocycles. The molecule has 0 bridgehead atoms. The third-order valence-electron chi connectivity index (χ3n) is 4.01. The average Bonchev–Trinajstić information content (AvgIpc) is 2.69. The number of hydrogen-bond donors (Lipinski definition) is 0. The van der Waals surface area contributed by atoms with Crippen LogP contribution in [-0.4, -0.2) is 34.1 Å². The van der Waals surface area contributed by atoms with Crippen LogP contribution in [0.3, 0.4) is 0 Å². The first-order chi connectivity index (χ1) is 9.49. The van der Waals surface area contributed by atoms with Crippen molar-refractivity contribution in [2.45, 2.75) is 41.2 Å². The van der Waals surface area contributed by atoms with Crippen LogP contribution in [0.15, 0.2) is 4.79 Å². The van der Waals surface area contributed by atoms with E-state index in [1.807, 2.05) is 18.4 Å². The number of rotatable bonds is 5.